The number of ether oxygens (including phenoxy) is 1. The fraction of sp³-hybridized carbons (Fsp3) is 0.375. The van der Waals surface area contributed by atoms with Crippen LogP contribution in [0, 0.1) is 13.2 Å². The molecule has 1 aliphatic heterocycles. The van der Waals surface area contributed by atoms with Gasteiger partial charge < -0.3 is 9.15 Å². The molecule has 0 N–H and O–H groups in total. The zero-order valence-electron chi connectivity index (χ0n) is 6.26. The minimum atomic E-state index is 0.654. The molecule has 0 atom stereocenters. The van der Waals surface area contributed by atoms with Crippen molar-refractivity contribution in [1.29, 1.82) is 0 Å². The Hall–Kier alpha value is -1.25. The molecule has 0 aromatic carbocycles. The van der Waals surface area contributed by atoms with Gasteiger partial charge in [-0.25, -0.2) is 4.99 Å². The second kappa shape index (κ2) is 2.42. The van der Waals surface area contributed by atoms with Crippen molar-refractivity contribution in [3.8, 4) is 0 Å². The van der Waals surface area contributed by atoms with E-state index in [-0.39, 0.29) is 0 Å². The number of rotatable bonds is 1. The summed E-state index contributed by atoms with van der Waals surface area (Å²) < 4.78 is 10.2. The van der Waals surface area contributed by atoms with Crippen LogP contribution in [0.2, 0.25) is 0 Å². The number of nitrogens with zero attached hydrogens (tertiary/aromatic N) is 1. The standard InChI is InChI=1S/C8H8NO2/c1-6-4-7(5-11-6)8-9-2-3-10-8/h4H,2-3H2,1H3. The monoisotopic (exact) mass is 150 g/mol. The Labute approximate surface area is 64.7 Å². The number of aliphatic imine (C=N–C) groups is 1. The Bertz CT molecular complexity index is 288. The Morgan fingerprint density at radius 1 is 1.64 bits per heavy atom. The smallest absolute Gasteiger partial charge is 0.220 e. The molecule has 0 saturated carbocycles. The molecule has 1 radical (unpaired) electrons. The molecule has 0 fully saturated rings. The van der Waals surface area contributed by atoms with Crippen molar-refractivity contribution < 1.29 is 9.15 Å². The van der Waals surface area contributed by atoms with E-state index in [1.54, 1.807) is 0 Å². The van der Waals surface area contributed by atoms with Crippen molar-refractivity contribution in [2.24, 2.45) is 4.99 Å². The van der Waals surface area contributed by atoms with Crippen molar-refractivity contribution in [3.05, 3.63) is 23.7 Å². The SMILES string of the molecule is Cc1cc(C2=NCCO2)[c]o1. The highest BCUT2D eigenvalue weighted by atomic mass is 16.5. The van der Waals surface area contributed by atoms with Crippen LogP contribution in [0.5, 0.6) is 0 Å². The van der Waals surface area contributed by atoms with Crippen molar-refractivity contribution in [2.75, 3.05) is 13.2 Å². The molecule has 2 rings (SSSR count). The fourth-order valence-corrected chi connectivity index (χ4v) is 1.00. The summed E-state index contributed by atoms with van der Waals surface area (Å²) in [5.74, 6) is 1.49. The molecular weight excluding hydrogens is 142 g/mol. The van der Waals surface area contributed by atoms with Gasteiger partial charge in [-0.2, -0.15) is 0 Å². The predicted octanol–water partition coefficient (Wildman–Crippen LogP) is 1.17. The van der Waals surface area contributed by atoms with E-state index in [0.717, 1.165) is 17.9 Å². The van der Waals surface area contributed by atoms with Crippen LogP contribution in [0.1, 0.15) is 11.3 Å². The summed E-state index contributed by atoms with van der Waals surface area (Å²) in [6, 6.07) is 1.87. The lowest BCUT2D eigenvalue weighted by atomic mass is 10.3. The maximum atomic E-state index is 5.21. The lowest BCUT2D eigenvalue weighted by Crippen LogP contribution is -1.98. The lowest BCUT2D eigenvalue weighted by molar-refractivity contribution is 0.348. The van der Waals surface area contributed by atoms with Crippen molar-refractivity contribution in [3.63, 3.8) is 0 Å². The summed E-state index contributed by atoms with van der Waals surface area (Å²) in [6.45, 7) is 3.29. The first-order valence-corrected chi connectivity index (χ1v) is 3.52. The van der Waals surface area contributed by atoms with Gasteiger partial charge >= 0.3 is 0 Å². The summed E-state index contributed by atoms with van der Waals surface area (Å²) in [5, 5.41) is 0. The highest BCUT2D eigenvalue weighted by Gasteiger charge is 2.12. The van der Waals surface area contributed by atoms with Crippen LogP contribution < -0.4 is 0 Å². The quantitative estimate of drug-likeness (QED) is 0.602. The van der Waals surface area contributed by atoms with E-state index in [0.29, 0.717) is 12.5 Å². The van der Waals surface area contributed by atoms with Crippen molar-refractivity contribution in [2.45, 2.75) is 6.92 Å². The maximum Gasteiger partial charge on any atom is 0.220 e. The molecule has 1 aromatic heterocycles. The highest BCUT2D eigenvalue weighted by Crippen LogP contribution is 2.10. The molecule has 0 amide bonds. The first-order chi connectivity index (χ1) is 5.36. The van der Waals surface area contributed by atoms with Crippen LogP contribution in [0.25, 0.3) is 0 Å². The molecule has 0 unspecified atom stereocenters. The molecule has 0 saturated heterocycles. The Kier molecular flexibility index (Phi) is 1.42. The van der Waals surface area contributed by atoms with Crippen LogP contribution in [-0.2, 0) is 4.74 Å². The maximum absolute atomic E-state index is 5.21. The van der Waals surface area contributed by atoms with E-state index in [2.05, 4.69) is 11.3 Å². The van der Waals surface area contributed by atoms with E-state index in [4.69, 9.17) is 9.15 Å². The largest absolute Gasteiger partial charge is 0.475 e. The molecule has 0 spiro atoms. The molecule has 3 heteroatoms. The second-order valence-electron chi connectivity index (χ2n) is 2.41. The third-order valence-electron chi connectivity index (χ3n) is 1.49. The minimum absolute atomic E-state index is 0.654. The van der Waals surface area contributed by atoms with Gasteiger partial charge in [0.1, 0.15) is 12.4 Å². The van der Waals surface area contributed by atoms with Crippen LogP contribution in [0.3, 0.4) is 0 Å². The third kappa shape index (κ3) is 1.13. The number of hydrogen-bond donors (Lipinski definition) is 0. The van der Waals surface area contributed by atoms with Gasteiger partial charge in [0.2, 0.25) is 5.90 Å². The number of furan rings is 1. The molecule has 2 heterocycles. The molecule has 0 bridgehead atoms. The van der Waals surface area contributed by atoms with E-state index >= 15 is 0 Å². The van der Waals surface area contributed by atoms with E-state index in [9.17, 15) is 0 Å². The number of hydrogen-bond acceptors (Lipinski definition) is 3. The minimum Gasteiger partial charge on any atom is -0.475 e. The Balaban J connectivity index is 2.28. The Morgan fingerprint density at radius 2 is 2.55 bits per heavy atom. The number of aryl methyl sites for hydroxylation is 1. The molecule has 1 aliphatic rings. The molecule has 0 aliphatic carbocycles. The lowest BCUT2D eigenvalue weighted by Gasteiger charge is -1.93. The van der Waals surface area contributed by atoms with E-state index in [1.807, 2.05) is 13.0 Å². The highest BCUT2D eigenvalue weighted by molar-refractivity contribution is 5.94. The van der Waals surface area contributed by atoms with Gasteiger partial charge in [0.15, 0.2) is 6.26 Å². The van der Waals surface area contributed by atoms with Gasteiger partial charge in [0.05, 0.1) is 12.1 Å². The zero-order chi connectivity index (χ0) is 7.68. The zero-order valence-corrected chi connectivity index (χ0v) is 6.26. The van der Waals surface area contributed by atoms with Gasteiger partial charge in [-0.15, -0.1) is 0 Å². The average Bonchev–Trinajstić information content (AvgIpc) is 2.55. The van der Waals surface area contributed by atoms with Gasteiger partial charge in [-0.3, -0.25) is 0 Å². The van der Waals surface area contributed by atoms with Gasteiger partial charge in [-0.05, 0) is 13.0 Å². The summed E-state index contributed by atoms with van der Waals surface area (Å²) in [5.41, 5.74) is 0.819. The first-order valence-electron chi connectivity index (χ1n) is 3.52. The summed E-state index contributed by atoms with van der Waals surface area (Å²) in [6.07, 6.45) is 2.72. The summed E-state index contributed by atoms with van der Waals surface area (Å²) in [7, 11) is 0. The van der Waals surface area contributed by atoms with Crippen LogP contribution in [0.4, 0.5) is 0 Å². The van der Waals surface area contributed by atoms with E-state index in [1.165, 1.54) is 0 Å². The second-order valence-corrected chi connectivity index (χ2v) is 2.41. The molecular formula is C8H8NO2. The van der Waals surface area contributed by atoms with Crippen molar-refractivity contribution >= 4 is 5.90 Å². The van der Waals surface area contributed by atoms with Crippen LogP contribution in [-0.4, -0.2) is 19.0 Å². The van der Waals surface area contributed by atoms with Crippen molar-refractivity contribution in [1.82, 2.24) is 0 Å². The Morgan fingerprint density at radius 3 is 3.09 bits per heavy atom. The third-order valence-corrected chi connectivity index (χ3v) is 1.49. The van der Waals surface area contributed by atoms with Crippen LogP contribution in [0.15, 0.2) is 15.5 Å². The van der Waals surface area contributed by atoms with Gasteiger partial charge in [-0.1, -0.05) is 0 Å². The molecule has 3 nitrogen and oxygen atoms in total. The average molecular weight is 150 g/mol. The fourth-order valence-electron chi connectivity index (χ4n) is 1.00. The topological polar surface area (TPSA) is 34.7 Å². The first kappa shape index (κ1) is 6.46. The summed E-state index contributed by atoms with van der Waals surface area (Å²) in [4.78, 5) is 4.12. The molecule has 11 heavy (non-hydrogen) atoms. The normalized spacial score (nSPS) is 16.3. The van der Waals surface area contributed by atoms with Gasteiger partial charge in [0, 0.05) is 0 Å². The summed E-state index contributed by atoms with van der Waals surface area (Å²) >= 11 is 0. The predicted molar refractivity (Wildman–Crippen MR) is 39.6 cm³/mol. The van der Waals surface area contributed by atoms with E-state index < -0.39 is 0 Å². The van der Waals surface area contributed by atoms with Crippen LogP contribution >= 0.6 is 0 Å². The molecule has 1 aromatic rings. The molecule has 57 valence electrons. The van der Waals surface area contributed by atoms with Gasteiger partial charge in [0.25, 0.3) is 0 Å².